The van der Waals surface area contributed by atoms with Crippen LogP contribution < -0.4 is 0 Å². The third kappa shape index (κ3) is 3.02. The third-order valence-electron chi connectivity index (χ3n) is 6.30. The molecule has 5 nitrogen and oxygen atoms in total. The number of aryl methyl sites for hydroxylation is 1. The van der Waals surface area contributed by atoms with Gasteiger partial charge in [0, 0.05) is 20.1 Å². The molecule has 1 aromatic carbocycles. The van der Waals surface area contributed by atoms with Crippen molar-refractivity contribution in [2.24, 2.45) is 11.8 Å². The summed E-state index contributed by atoms with van der Waals surface area (Å²) in [6.45, 7) is 3.66. The summed E-state index contributed by atoms with van der Waals surface area (Å²) in [5.74, 6) is -0.859. The number of hydrogen-bond acceptors (Lipinski definition) is 4. The van der Waals surface area contributed by atoms with Crippen molar-refractivity contribution in [1.82, 2.24) is 9.80 Å². The quantitative estimate of drug-likeness (QED) is 0.715. The molecule has 1 aromatic heterocycles. The van der Waals surface area contributed by atoms with Crippen LogP contribution in [-0.4, -0.2) is 46.9 Å². The zero-order valence-corrected chi connectivity index (χ0v) is 17.4. The number of benzene rings is 1. The van der Waals surface area contributed by atoms with Gasteiger partial charge in [0.15, 0.2) is 0 Å². The van der Waals surface area contributed by atoms with Gasteiger partial charge in [-0.05, 0) is 34.9 Å². The Bertz CT molecular complexity index is 986. The molecule has 0 radical (unpaired) electrons. The van der Waals surface area contributed by atoms with E-state index in [9.17, 15) is 9.59 Å². The Morgan fingerprint density at radius 1 is 1.34 bits per heavy atom. The van der Waals surface area contributed by atoms with E-state index in [2.05, 4.69) is 6.07 Å². The van der Waals surface area contributed by atoms with Crippen molar-refractivity contribution in [1.29, 1.82) is 0 Å². The molecular weight excluding hydrogens is 384 g/mol. The molecule has 3 aliphatic rings. The molecule has 3 aliphatic heterocycles. The van der Waals surface area contributed by atoms with Gasteiger partial charge in [0.1, 0.15) is 5.60 Å². The van der Waals surface area contributed by atoms with E-state index in [0.717, 1.165) is 11.1 Å². The molecule has 0 N–H and O–H groups in total. The first-order chi connectivity index (χ1) is 14.0. The van der Waals surface area contributed by atoms with E-state index in [4.69, 9.17) is 4.74 Å². The normalized spacial score (nSPS) is 29.5. The zero-order valence-electron chi connectivity index (χ0n) is 16.6. The number of nitrogens with zero attached hydrogens (tertiary/aromatic N) is 2. The second-order valence-electron chi connectivity index (χ2n) is 8.41. The van der Waals surface area contributed by atoms with E-state index in [1.807, 2.05) is 66.0 Å². The Kier molecular flexibility index (Phi) is 4.37. The predicted molar refractivity (Wildman–Crippen MR) is 111 cm³/mol. The van der Waals surface area contributed by atoms with Gasteiger partial charge in [-0.1, -0.05) is 42.0 Å². The number of hydrogen-bond donors (Lipinski definition) is 0. The predicted octanol–water partition coefficient (Wildman–Crippen LogP) is 3.00. The van der Waals surface area contributed by atoms with Crippen LogP contribution in [0.4, 0.5) is 0 Å². The Balaban J connectivity index is 1.37. The summed E-state index contributed by atoms with van der Waals surface area (Å²) >= 11 is 1.62. The minimum atomic E-state index is -0.658. The van der Waals surface area contributed by atoms with Gasteiger partial charge in [-0.25, -0.2) is 0 Å². The van der Waals surface area contributed by atoms with Gasteiger partial charge in [0.2, 0.25) is 11.8 Å². The van der Waals surface area contributed by atoms with Gasteiger partial charge in [0.05, 0.1) is 24.5 Å². The summed E-state index contributed by atoms with van der Waals surface area (Å²) in [5, 5.41) is 4.06. The molecule has 2 amide bonds. The lowest BCUT2D eigenvalue weighted by Crippen LogP contribution is -2.44. The fraction of sp³-hybridized carbons (Fsp3) is 0.391. The molecule has 5 rings (SSSR count). The fourth-order valence-corrected chi connectivity index (χ4v) is 5.67. The smallest absolute Gasteiger partial charge is 0.230 e. The topological polar surface area (TPSA) is 49.9 Å². The summed E-state index contributed by atoms with van der Waals surface area (Å²) < 4.78 is 6.25. The number of likely N-dealkylation sites (tertiary alicyclic amines) is 1. The van der Waals surface area contributed by atoms with Crippen LogP contribution in [0.25, 0.3) is 0 Å². The van der Waals surface area contributed by atoms with Gasteiger partial charge < -0.3 is 14.5 Å². The SMILES string of the molecule is Cc1cccc(CN2C[C@]34C=C[C@H](O3)[C@H](C(=O)N(C)Cc3ccsc3)[C@H]4C2=O)c1. The molecule has 150 valence electrons. The lowest BCUT2D eigenvalue weighted by Gasteiger charge is -2.27. The molecule has 0 saturated carbocycles. The first-order valence-electron chi connectivity index (χ1n) is 9.94. The first kappa shape index (κ1) is 18.6. The number of amides is 2. The number of ether oxygens (including phenoxy) is 1. The van der Waals surface area contributed by atoms with Crippen molar-refractivity contribution in [3.8, 4) is 0 Å². The van der Waals surface area contributed by atoms with E-state index >= 15 is 0 Å². The highest BCUT2D eigenvalue weighted by molar-refractivity contribution is 7.07. The lowest BCUT2D eigenvalue weighted by atomic mass is 9.76. The van der Waals surface area contributed by atoms with Crippen molar-refractivity contribution in [3.05, 3.63) is 69.9 Å². The maximum absolute atomic E-state index is 13.4. The van der Waals surface area contributed by atoms with Crippen molar-refractivity contribution >= 4 is 23.2 Å². The van der Waals surface area contributed by atoms with Crippen molar-refractivity contribution in [2.75, 3.05) is 13.6 Å². The Labute approximate surface area is 174 Å². The highest BCUT2D eigenvalue weighted by Crippen LogP contribution is 2.52. The van der Waals surface area contributed by atoms with Gasteiger partial charge in [-0.3, -0.25) is 9.59 Å². The molecule has 4 atom stereocenters. The van der Waals surface area contributed by atoms with Crippen LogP contribution >= 0.6 is 11.3 Å². The largest absolute Gasteiger partial charge is 0.360 e. The van der Waals surface area contributed by atoms with Crippen molar-refractivity contribution < 1.29 is 14.3 Å². The molecule has 29 heavy (non-hydrogen) atoms. The maximum atomic E-state index is 13.4. The number of fused-ring (bicyclic) bond motifs is 1. The Hall–Kier alpha value is -2.44. The third-order valence-corrected chi connectivity index (χ3v) is 7.03. The molecule has 2 bridgehead atoms. The van der Waals surface area contributed by atoms with E-state index < -0.39 is 17.4 Å². The Morgan fingerprint density at radius 3 is 2.97 bits per heavy atom. The van der Waals surface area contributed by atoms with Crippen molar-refractivity contribution in [2.45, 2.75) is 31.7 Å². The lowest BCUT2D eigenvalue weighted by molar-refractivity contribution is -0.142. The first-order valence-corrected chi connectivity index (χ1v) is 10.9. The van der Waals surface area contributed by atoms with Gasteiger partial charge >= 0.3 is 0 Å². The average Bonchev–Trinajstić information content (AvgIpc) is 3.45. The summed E-state index contributed by atoms with van der Waals surface area (Å²) in [4.78, 5) is 30.2. The number of thiophene rings is 1. The minimum absolute atomic E-state index is 0.0109. The van der Waals surface area contributed by atoms with Gasteiger partial charge in [-0.2, -0.15) is 11.3 Å². The maximum Gasteiger partial charge on any atom is 0.230 e. The van der Waals surface area contributed by atoms with Crippen LogP contribution in [0.5, 0.6) is 0 Å². The van der Waals surface area contributed by atoms with Crippen LogP contribution in [0.2, 0.25) is 0 Å². The highest BCUT2D eigenvalue weighted by atomic mass is 32.1. The van der Waals surface area contributed by atoms with Crippen LogP contribution in [0.1, 0.15) is 16.7 Å². The van der Waals surface area contributed by atoms with Gasteiger partial charge in [0.25, 0.3) is 0 Å². The fourth-order valence-electron chi connectivity index (χ4n) is 5.01. The highest BCUT2D eigenvalue weighted by Gasteiger charge is 2.67. The van der Waals surface area contributed by atoms with Crippen LogP contribution in [0, 0.1) is 18.8 Å². The average molecular weight is 409 g/mol. The molecule has 0 aliphatic carbocycles. The number of carbonyl (C=O) groups excluding carboxylic acids is 2. The summed E-state index contributed by atoms with van der Waals surface area (Å²) in [6, 6.07) is 10.2. The summed E-state index contributed by atoms with van der Waals surface area (Å²) in [5.41, 5.74) is 2.73. The summed E-state index contributed by atoms with van der Waals surface area (Å²) in [7, 11) is 1.81. The number of rotatable bonds is 5. The zero-order chi connectivity index (χ0) is 20.2. The molecule has 1 spiro atoms. The minimum Gasteiger partial charge on any atom is -0.360 e. The van der Waals surface area contributed by atoms with E-state index in [1.54, 1.807) is 16.2 Å². The molecule has 2 fully saturated rings. The molecule has 2 aromatic rings. The molecular formula is C23H24N2O3S. The van der Waals surface area contributed by atoms with E-state index in [0.29, 0.717) is 19.6 Å². The molecule has 0 unspecified atom stereocenters. The van der Waals surface area contributed by atoms with E-state index in [1.165, 1.54) is 5.56 Å². The number of carbonyl (C=O) groups is 2. The molecule has 6 heteroatoms. The van der Waals surface area contributed by atoms with Crippen LogP contribution in [-0.2, 0) is 27.4 Å². The van der Waals surface area contributed by atoms with Crippen LogP contribution in [0.15, 0.2) is 53.2 Å². The van der Waals surface area contributed by atoms with Crippen LogP contribution in [0.3, 0.4) is 0 Å². The standard InChI is InChI=1S/C23H24N2O3S/c1-15-4-3-5-16(10-15)12-25-14-23-8-6-18(28-23)19(20(23)22(25)27)21(26)24(2)11-17-7-9-29-13-17/h3-10,13,18-20H,11-12,14H2,1-2H3/t18-,19-,20-,23-/m0/s1. The van der Waals surface area contributed by atoms with Gasteiger partial charge in [-0.15, -0.1) is 0 Å². The molecule has 4 heterocycles. The Morgan fingerprint density at radius 2 is 2.21 bits per heavy atom. The monoisotopic (exact) mass is 408 g/mol. The summed E-state index contributed by atoms with van der Waals surface area (Å²) in [6.07, 6.45) is 3.68. The molecule has 2 saturated heterocycles. The second-order valence-corrected chi connectivity index (χ2v) is 9.19. The van der Waals surface area contributed by atoms with E-state index in [-0.39, 0.29) is 17.9 Å². The van der Waals surface area contributed by atoms with Crippen molar-refractivity contribution in [3.63, 3.8) is 0 Å². The second kappa shape index (κ2) is 6.82.